The second-order valence-corrected chi connectivity index (χ2v) is 5.65. The summed E-state index contributed by atoms with van der Waals surface area (Å²) in [6, 6.07) is 15.6. The first-order valence-corrected chi connectivity index (χ1v) is 7.56. The van der Waals surface area contributed by atoms with Crippen LogP contribution in [0.4, 0.5) is 0 Å². The minimum atomic E-state index is -0.531. The average molecular weight is 297 g/mol. The largest absolute Gasteiger partial charge is 0.481 e. The summed E-state index contributed by atoms with van der Waals surface area (Å²) in [7, 11) is 0. The third kappa shape index (κ3) is 4.10. The highest BCUT2D eigenvalue weighted by molar-refractivity contribution is 5.81. The normalized spacial score (nSPS) is 13.3. The molecule has 2 aromatic rings. The van der Waals surface area contributed by atoms with Gasteiger partial charge in [-0.15, -0.1) is 0 Å². The molecular weight excluding hydrogens is 274 g/mol. The molecule has 0 saturated heterocycles. The van der Waals surface area contributed by atoms with E-state index in [0.717, 1.165) is 5.56 Å². The van der Waals surface area contributed by atoms with Crippen LogP contribution in [-0.4, -0.2) is 12.0 Å². The van der Waals surface area contributed by atoms with Gasteiger partial charge in [-0.2, -0.15) is 0 Å². The molecule has 0 aliphatic heterocycles. The summed E-state index contributed by atoms with van der Waals surface area (Å²) in [5, 5.41) is 3.00. The Hall–Kier alpha value is -2.29. The summed E-state index contributed by atoms with van der Waals surface area (Å²) in [4.78, 5) is 12.2. The number of ether oxygens (including phenoxy) is 1. The predicted octanol–water partition coefficient (Wildman–Crippen LogP) is 3.95. The molecule has 2 rings (SSSR count). The molecule has 2 aromatic carbocycles. The van der Waals surface area contributed by atoms with Crippen molar-refractivity contribution in [2.75, 3.05) is 0 Å². The first-order chi connectivity index (χ1) is 10.5. The summed E-state index contributed by atoms with van der Waals surface area (Å²) in [5.41, 5.74) is 3.58. The highest BCUT2D eigenvalue weighted by Crippen LogP contribution is 2.17. The third-order valence-corrected chi connectivity index (χ3v) is 3.82. The Kier molecular flexibility index (Phi) is 5.21. The summed E-state index contributed by atoms with van der Waals surface area (Å²) in [6.07, 6.45) is -0.531. The minimum Gasteiger partial charge on any atom is -0.481 e. The Labute approximate surface area is 132 Å². The maximum Gasteiger partial charge on any atom is 0.261 e. The molecule has 0 radical (unpaired) electrons. The van der Waals surface area contributed by atoms with Gasteiger partial charge in [0.2, 0.25) is 0 Å². The van der Waals surface area contributed by atoms with E-state index in [4.69, 9.17) is 4.74 Å². The van der Waals surface area contributed by atoms with Gasteiger partial charge in [-0.25, -0.2) is 0 Å². The Morgan fingerprint density at radius 1 is 1.00 bits per heavy atom. The third-order valence-electron chi connectivity index (χ3n) is 3.82. The van der Waals surface area contributed by atoms with Gasteiger partial charge in [-0.1, -0.05) is 36.4 Å². The number of amides is 1. The molecule has 2 atom stereocenters. The minimum absolute atomic E-state index is 0.0476. The van der Waals surface area contributed by atoms with E-state index in [0.29, 0.717) is 5.75 Å². The number of hydrogen-bond donors (Lipinski definition) is 1. The van der Waals surface area contributed by atoms with Crippen LogP contribution in [-0.2, 0) is 4.79 Å². The molecule has 0 aliphatic carbocycles. The van der Waals surface area contributed by atoms with E-state index < -0.39 is 6.10 Å². The lowest BCUT2D eigenvalue weighted by molar-refractivity contribution is -0.127. The van der Waals surface area contributed by atoms with Gasteiger partial charge in [0.05, 0.1) is 6.04 Å². The van der Waals surface area contributed by atoms with Crippen molar-refractivity contribution in [3.05, 3.63) is 65.2 Å². The molecule has 1 amide bonds. The van der Waals surface area contributed by atoms with Crippen LogP contribution < -0.4 is 10.1 Å². The van der Waals surface area contributed by atoms with Gasteiger partial charge in [-0.3, -0.25) is 4.79 Å². The van der Waals surface area contributed by atoms with Crippen LogP contribution in [0.25, 0.3) is 0 Å². The monoisotopic (exact) mass is 297 g/mol. The first-order valence-electron chi connectivity index (χ1n) is 7.56. The Bertz CT molecular complexity index is 637. The fraction of sp³-hybridized carbons (Fsp3) is 0.316. The summed E-state index contributed by atoms with van der Waals surface area (Å²) in [6.45, 7) is 7.90. The lowest BCUT2D eigenvalue weighted by Gasteiger charge is -2.19. The van der Waals surface area contributed by atoms with E-state index in [-0.39, 0.29) is 11.9 Å². The van der Waals surface area contributed by atoms with Crippen LogP contribution in [0.1, 0.15) is 36.6 Å². The molecule has 0 spiro atoms. The second kappa shape index (κ2) is 7.12. The van der Waals surface area contributed by atoms with Crippen molar-refractivity contribution in [3.8, 4) is 5.75 Å². The number of carbonyl (C=O) groups excluding carboxylic acids is 1. The number of nitrogens with one attached hydrogen (secondary N) is 1. The molecule has 0 heterocycles. The van der Waals surface area contributed by atoms with Crippen molar-refractivity contribution >= 4 is 5.91 Å². The number of benzene rings is 2. The quantitative estimate of drug-likeness (QED) is 0.907. The van der Waals surface area contributed by atoms with Gasteiger partial charge < -0.3 is 10.1 Å². The first kappa shape index (κ1) is 16.1. The van der Waals surface area contributed by atoms with E-state index >= 15 is 0 Å². The van der Waals surface area contributed by atoms with E-state index in [1.807, 2.05) is 37.3 Å². The highest BCUT2D eigenvalue weighted by atomic mass is 16.5. The van der Waals surface area contributed by atoms with Crippen molar-refractivity contribution < 1.29 is 9.53 Å². The molecule has 22 heavy (non-hydrogen) atoms. The van der Waals surface area contributed by atoms with E-state index in [9.17, 15) is 4.79 Å². The molecule has 3 nitrogen and oxygen atoms in total. The second-order valence-electron chi connectivity index (χ2n) is 5.65. The lowest BCUT2D eigenvalue weighted by Crippen LogP contribution is -2.37. The standard InChI is InChI=1S/C19H23NO2/c1-13-10-11-17(12-14(13)2)15(3)20-19(21)16(4)22-18-8-6-5-7-9-18/h5-12,15-16H,1-4H3,(H,20,21)/t15-,16-/m1/s1. The van der Waals surface area contributed by atoms with Gasteiger partial charge in [0.25, 0.3) is 5.91 Å². The van der Waals surface area contributed by atoms with Crippen LogP contribution in [0.3, 0.4) is 0 Å². The number of para-hydroxylation sites is 1. The van der Waals surface area contributed by atoms with E-state index in [2.05, 4.69) is 37.4 Å². The predicted molar refractivity (Wildman–Crippen MR) is 89.0 cm³/mol. The summed E-state index contributed by atoms with van der Waals surface area (Å²) >= 11 is 0. The molecule has 0 unspecified atom stereocenters. The van der Waals surface area contributed by atoms with Crippen LogP contribution in [0.2, 0.25) is 0 Å². The Balaban J connectivity index is 1.96. The van der Waals surface area contributed by atoms with Gasteiger partial charge in [0.1, 0.15) is 5.75 Å². The highest BCUT2D eigenvalue weighted by Gasteiger charge is 2.17. The summed E-state index contributed by atoms with van der Waals surface area (Å²) in [5.74, 6) is 0.582. The number of aryl methyl sites for hydroxylation is 2. The number of hydrogen-bond acceptors (Lipinski definition) is 2. The lowest BCUT2D eigenvalue weighted by atomic mass is 10.0. The smallest absolute Gasteiger partial charge is 0.261 e. The molecule has 0 aromatic heterocycles. The topological polar surface area (TPSA) is 38.3 Å². The maximum atomic E-state index is 12.2. The van der Waals surface area contributed by atoms with Crippen molar-refractivity contribution in [3.63, 3.8) is 0 Å². The Morgan fingerprint density at radius 3 is 2.32 bits per heavy atom. The van der Waals surface area contributed by atoms with Gasteiger partial charge >= 0.3 is 0 Å². The molecular formula is C19H23NO2. The molecule has 0 bridgehead atoms. The zero-order valence-electron chi connectivity index (χ0n) is 13.6. The molecule has 3 heteroatoms. The van der Waals surface area contributed by atoms with Crippen LogP contribution in [0.15, 0.2) is 48.5 Å². The van der Waals surface area contributed by atoms with Crippen molar-refractivity contribution in [2.45, 2.75) is 39.8 Å². The Morgan fingerprint density at radius 2 is 1.68 bits per heavy atom. The van der Waals surface area contributed by atoms with Crippen molar-refractivity contribution in [1.29, 1.82) is 0 Å². The molecule has 0 saturated carbocycles. The van der Waals surface area contributed by atoms with Gasteiger partial charge in [-0.05, 0) is 56.5 Å². The van der Waals surface area contributed by atoms with Gasteiger partial charge in [0.15, 0.2) is 6.10 Å². The van der Waals surface area contributed by atoms with E-state index in [1.54, 1.807) is 6.92 Å². The molecule has 116 valence electrons. The summed E-state index contributed by atoms with van der Waals surface area (Å²) < 4.78 is 5.64. The van der Waals surface area contributed by atoms with Crippen LogP contribution >= 0.6 is 0 Å². The van der Waals surface area contributed by atoms with E-state index in [1.165, 1.54) is 11.1 Å². The number of carbonyl (C=O) groups is 1. The zero-order chi connectivity index (χ0) is 16.1. The fourth-order valence-electron chi connectivity index (χ4n) is 2.20. The average Bonchev–Trinajstić information content (AvgIpc) is 2.50. The van der Waals surface area contributed by atoms with Gasteiger partial charge in [0, 0.05) is 0 Å². The van der Waals surface area contributed by atoms with Crippen molar-refractivity contribution in [1.82, 2.24) is 5.32 Å². The molecule has 0 fully saturated rings. The van der Waals surface area contributed by atoms with Crippen molar-refractivity contribution in [2.24, 2.45) is 0 Å². The maximum absolute atomic E-state index is 12.2. The SMILES string of the molecule is Cc1ccc([C@@H](C)NC(=O)[C@@H](C)Oc2ccccc2)cc1C. The zero-order valence-corrected chi connectivity index (χ0v) is 13.6. The van der Waals surface area contributed by atoms with Crippen LogP contribution in [0.5, 0.6) is 5.75 Å². The van der Waals surface area contributed by atoms with Crippen LogP contribution in [0, 0.1) is 13.8 Å². The fourth-order valence-corrected chi connectivity index (χ4v) is 2.20. The molecule has 1 N–H and O–H groups in total. The molecule has 0 aliphatic rings. The number of rotatable bonds is 5.